The number of hydrogen-bond acceptors (Lipinski definition) is 4. The van der Waals surface area contributed by atoms with Crippen molar-refractivity contribution in [1.29, 1.82) is 0 Å². The molecule has 0 aliphatic heterocycles. The van der Waals surface area contributed by atoms with Crippen molar-refractivity contribution in [3.05, 3.63) is 46.8 Å². The molecule has 1 N–H and O–H groups in total. The fraction of sp³-hybridized carbons (Fsp3) is 0.0714. The highest BCUT2D eigenvalue weighted by Gasteiger charge is 2.08. The molecule has 2 rings (SSSR count). The van der Waals surface area contributed by atoms with E-state index in [4.69, 9.17) is 9.84 Å². The van der Waals surface area contributed by atoms with Crippen LogP contribution in [0, 0.1) is 0 Å². The van der Waals surface area contributed by atoms with Crippen LogP contribution in [0.4, 0.5) is 0 Å². The van der Waals surface area contributed by atoms with Gasteiger partial charge in [-0.2, -0.15) is 0 Å². The van der Waals surface area contributed by atoms with E-state index in [0.717, 1.165) is 16.1 Å². The molecule has 20 heavy (non-hydrogen) atoms. The third-order valence-electron chi connectivity index (χ3n) is 2.49. The predicted octanol–water partition coefficient (Wildman–Crippen LogP) is 3.01. The molecule has 0 fully saturated rings. The van der Waals surface area contributed by atoms with E-state index in [9.17, 15) is 4.79 Å². The Morgan fingerprint density at radius 2 is 2.20 bits per heavy atom. The molecular formula is C14H11BrN2O3. The zero-order chi connectivity index (χ0) is 14.5. The van der Waals surface area contributed by atoms with Gasteiger partial charge in [-0.3, -0.25) is 0 Å². The Balaban J connectivity index is 2.45. The van der Waals surface area contributed by atoms with Gasteiger partial charge in [0.1, 0.15) is 5.75 Å². The number of carboxylic acids is 1. The van der Waals surface area contributed by atoms with E-state index in [2.05, 4.69) is 25.9 Å². The minimum absolute atomic E-state index is 0.326. The van der Waals surface area contributed by atoms with Crippen molar-refractivity contribution >= 4 is 28.0 Å². The molecule has 5 nitrogen and oxygen atoms in total. The molecule has 102 valence electrons. The molecule has 0 radical (unpaired) electrons. The first-order valence-corrected chi connectivity index (χ1v) is 6.47. The van der Waals surface area contributed by atoms with Crippen LogP contribution in [0.5, 0.6) is 5.75 Å². The van der Waals surface area contributed by atoms with Crippen LogP contribution in [0.15, 0.2) is 41.0 Å². The van der Waals surface area contributed by atoms with Gasteiger partial charge in [0.05, 0.1) is 12.8 Å². The Kier molecular flexibility index (Phi) is 4.47. The topological polar surface area (TPSA) is 72.3 Å². The van der Waals surface area contributed by atoms with Crippen molar-refractivity contribution < 1.29 is 14.6 Å². The number of carbonyl (C=O) groups is 1. The van der Waals surface area contributed by atoms with Crippen LogP contribution in [0.1, 0.15) is 5.82 Å². The zero-order valence-corrected chi connectivity index (χ0v) is 12.2. The minimum atomic E-state index is -1.04. The maximum Gasteiger partial charge on any atom is 0.328 e. The fourth-order valence-electron chi connectivity index (χ4n) is 1.63. The van der Waals surface area contributed by atoms with Gasteiger partial charge in [-0.1, -0.05) is 15.9 Å². The number of halogens is 1. The number of carboxylic acid groups (broad SMARTS) is 1. The molecular weight excluding hydrogens is 324 g/mol. The van der Waals surface area contributed by atoms with Crippen molar-refractivity contribution in [2.24, 2.45) is 0 Å². The van der Waals surface area contributed by atoms with Crippen LogP contribution < -0.4 is 4.74 Å². The van der Waals surface area contributed by atoms with Gasteiger partial charge in [-0.25, -0.2) is 14.8 Å². The molecule has 0 spiro atoms. The number of methoxy groups -OCH3 is 1. The van der Waals surface area contributed by atoms with Gasteiger partial charge in [0.25, 0.3) is 0 Å². The van der Waals surface area contributed by atoms with Gasteiger partial charge in [-0.15, -0.1) is 0 Å². The standard InChI is InChI=1S/C14H11BrN2O3/c1-20-12-3-2-9(15)8-10(12)11-6-7-16-13(17-11)4-5-14(18)19/h2-8H,1H3,(H,18,19)/b5-4+. The van der Waals surface area contributed by atoms with Crippen LogP contribution in [-0.4, -0.2) is 28.2 Å². The second kappa shape index (κ2) is 6.29. The third-order valence-corrected chi connectivity index (χ3v) is 2.98. The van der Waals surface area contributed by atoms with E-state index in [1.807, 2.05) is 18.2 Å². The minimum Gasteiger partial charge on any atom is -0.496 e. The highest BCUT2D eigenvalue weighted by atomic mass is 79.9. The second-order valence-electron chi connectivity index (χ2n) is 3.82. The molecule has 0 saturated carbocycles. The summed E-state index contributed by atoms with van der Waals surface area (Å²) in [6.45, 7) is 0. The number of nitrogens with zero attached hydrogens (tertiary/aromatic N) is 2. The van der Waals surface area contributed by atoms with E-state index in [1.54, 1.807) is 19.4 Å². The Hall–Kier alpha value is -2.21. The predicted molar refractivity (Wildman–Crippen MR) is 78.4 cm³/mol. The van der Waals surface area contributed by atoms with E-state index in [-0.39, 0.29) is 0 Å². The van der Waals surface area contributed by atoms with Crippen LogP contribution in [0.2, 0.25) is 0 Å². The molecule has 0 saturated heterocycles. The van der Waals surface area contributed by atoms with Gasteiger partial charge >= 0.3 is 5.97 Å². The summed E-state index contributed by atoms with van der Waals surface area (Å²) in [7, 11) is 1.58. The van der Waals surface area contributed by atoms with E-state index >= 15 is 0 Å². The molecule has 2 aromatic rings. The highest BCUT2D eigenvalue weighted by molar-refractivity contribution is 9.10. The lowest BCUT2D eigenvalue weighted by Crippen LogP contribution is -1.94. The monoisotopic (exact) mass is 334 g/mol. The lowest BCUT2D eigenvalue weighted by Gasteiger charge is -2.08. The number of ether oxygens (including phenoxy) is 1. The number of benzene rings is 1. The van der Waals surface area contributed by atoms with Gasteiger partial charge < -0.3 is 9.84 Å². The first kappa shape index (κ1) is 14.2. The summed E-state index contributed by atoms with van der Waals surface area (Å²) in [5.74, 6) is -0.0361. The van der Waals surface area contributed by atoms with Gasteiger partial charge in [-0.05, 0) is 30.3 Å². The van der Waals surface area contributed by atoms with E-state index in [1.165, 1.54) is 6.08 Å². The zero-order valence-electron chi connectivity index (χ0n) is 10.6. The Bertz CT molecular complexity index is 671. The van der Waals surface area contributed by atoms with Crippen LogP contribution in [0.25, 0.3) is 17.3 Å². The number of rotatable bonds is 4. The second-order valence-corrected chi connectivity index (χ2v) is 4.73. The summed E-state index contributed by atoms with van der Waals surface area (Å²) in [5.41, 5.74) is 1.46. The van der Waals surface area contributed by atoms with E-state index in [0.29, 0.717) is 17.3 Å². The molecule has 0 amide bonds. The van der Waals surface area contributed by atoms with Crippen LogP contribution >= 0.6 is 15.9 Å². The summed E-state index contributed by atoms with van der Waals surface area (Å²) >= 11 is 3.40. The first-order chi connectivity index (χ1) is 9.60. The van der Waals surface area contributed by atoms with E-state index < -0.39 is 5.97 Å². The summed E-state index contributed by atoms with van der Waals surface area (Å²) in [6, 6.07) is 7.32. The third kappa shape index (κ3) is 3.42. The Morgan fingerprint density at radius 1 is 1.40 bits per heavy atom. The lowest BCUT2D eigenvalue weighted by molar-refractivity contribution is -0.131. The number of aliphatic carboxylic acids is 1. The molecule has 1 heterocycles. The summed E-state index contributed by atoms with van der Waals surface area (Å²) < 4.78 is 6.20. The van der Waals surface area contributed by atoms with Crippen molar-refractivity contribution in [3.63, 3.8) is 0 Å². The lowest BCUT2D eigenvalue weighted by atomic mass is 10.1. The quantitative estimate of drug-likeness (QED) is 0.870. The molecule has 0 aliphatic carbocycles. The summed E-state index contributed by atoms with van der Waals surface area (Å²) in [5, 5.41) is 8.61. The van der Waals surface area contributed by atoms with Crippen molar-refractivity contribution in [2.75, 3.05) is 7.11 Å². The average molecular weight is 335 g/mol. The maximum absolute atomic E-state index is 10.5. The molecule has 1 aromatic heterocycles. The van der Waals surface area contributed by atoms with Crippen LogP contribution in [0.3, 0.4) is 0 Å². The van der Waals surface area contributed by atoms with Crippen molar-refractivity contribution in [1.82, 2.24) is 9.97 Å². The average Bonchev–Trinajstić information content (AvgIpc) is 2.45. The first-order valence-electron chi connectivity index (χ1n) is 5.68. The largest absolute Gasteiger partial charge is 0.496 e. The van der Waals surface area contributed by atoms with Crippen molar-refractivity contribution in [2.45, 2.75) is 0 Å². The highest BCUT2D eigenvalue weighted by Crippen LogP contribution is 2.31. The molecule has 0 aliphatic rings. The summed E-state index contributed by atoms with van der Waals surface area (Å²) in [6.07, 6.45) is 3.91. The molecule has 0 atom stereocenters. The molecule has 0 unspecified atom stereocenters. The SMILES string of the molecule is COc1ccc(Br)cc1-c1ccnc(/C=C/C(=O)O)n1. The molecule has 0 bridgehead atoms. The Morgan fingerprint density at radius 3 is 2.90 bits per heavy atom. The maximum atomic E-state index is 10.5. The number of hydrogen-bond donors (Lipinski definition) is 1. The van der Waals surface area contributed by atoms with Gasteiger partial charge in [0.2, 0.25) is 0 Å². The molecule has 6 heteroatoms. The molecule has 1 aromatic carbocycles. The van der Waals surface area contributed by atoms with Crippen molar-refractivity contribution in [3.8, 4) is 17.0 Å². The van der Waals surface area contributed by atoms with Gasteiger partial charge in [0, 0.05) is 22.3 Å². The fourth-order valence-corrected chi connectivity index (χ4v) is 1.99. The van der Waals surface area contributed by atoms with Gasteiger partial charge in [0.15, 0.2) is 5.82 Å². The Labute approximate surface area is 124 Å². The normalized spacial score (nSPS) is 10.7. The number of aromatic nitrogens is 2. The smallest absolute Gasteiger partial charge is 0.328 e. The summed E-state index contributed by atoms with van der Waals surface area (Å²) in [4.78, 5) is 18.8. The van der Waals surface area contributed by atoms with Crippen LogP contribution in [-0.2, 0) is 4.79 Å².